The predicted octanol–water partition coefficient (Wildman–Crippen LogP) is 1.95. The molecule has 0 atom stereocenters. The highest BCUT2D eigenvalue weighted by Gasteiger charge is 2.16. The third kappa shape index (κ3) is 4.42. The molecule has 0 fully saturated rings. The number of rotatable bonds is 8. The fourth-order valence-electron chi connectivity index (χ4n) is 1.44. The van der Waals surface area contributed by atoms with E-state index in [-0.39, 0.29) is 36.4 Å². The number of hydrogen-bond acceptors (Lipinski definition) is 6. The average Bonchev–Trinajstić information content (AvgIpc) is 2.35. The Labute approximate surface area is 111 Å². The van der Waals surface area contributed by atoms with Crippen LogP contribution in [0.15, 0.2) is 12.1 Å². The molecule has 0 radical (unpaired) electrons. The molecule has 1 aromatic carbocycles. The van der Waals surface area contributed by atoms with Crippen LogP contribution in [0.3, 0.4) is 0 Å². The maximum absolute atomic E-state index is 11.5. The Morgan fingerprint density at radius 1 is 1.26 bits per heavy atom. The summed E-state index contributed by atoms with van der Waals surface area (Å²) in [6.45, 7) is 3.68. The molecular weight excluding hydrogens is 252 g/mol. The van der Waals surface area contributed by atoms with Gasteiger partial charge in [-0.1, -0.05) is 0 Å². The highest BCUT2D eigenvalue weighted by molar-refractivity contribution is 5.99. The van der Waals surface area contributed by atoms with Crippen LogP contribution in [0.25, 0.3) is 0 Å². The van der Waals surface area contributed by atoms with E-state index in [1.807, 2.05) is 6.92 Å². The zero-order valence-electron chi connectivity index (χ0n) is 11.3. The summed E-state index contributed by atoms with van der Waals surface area (Å²) in [5.41, 5.74) is 0.101. The van der Waals surface area contributed by atoms with Gasteiger partial charge in [-0.05, 0) is 13.8 Å². The number of ether oxygens (including phenoxy) is 4. The van der Waals surface area contributed by atoms with Gasteiger partial charge in [-0.3, -0.25) is 4.79 Å². The van der Waals surface area contributed by atoms with E-state index < -0.39 is 0 Å². The number of benzene rings is 1. The summed E-state index contributed by atoms with van der Waals surface area (Å²) in [5, 5.41) is 9.84. The molecule has 0 amide bonds. The summed E-state index contributed by atoms with van der Waals surface area (Å²) in [5.74, 6) is 0.0535. The van der Waals surface area contributed by atoms with Crippen molar-refractivity contribution in [3.8, 4) is 17.2 Å². The van der Waals surface area contributed by atoms with E-state index in [2.05, 4.69) is 0 Å². The largest absolute Gasteiger partial charge is 0.507 e. The quantitative estimate of drug-likeness (QED) is 0.442. The van der Waals surface area contributed by atoms with Crippen LogP contribution in [0.4, 0.5) is 0 Å². The molecular formula is C13H18O6. The third-order valence-electron chi connectivity index (χ3n) is 2.25. The van der Waals surface area contributed by atoms with E-state index in [1.165, 1.54) is 26.2 Å². The number of methoxy groups -OCH3 is 1. The van der Waals surface area contributed by atoms with Crippen molar-refractivity contribution in [1.82, 2.24) is 0 Å². The minimum absolute atomic E-state index is 0.00997. The summed E-state index contributed by atoms with van der Waals surface area (Å²) in [6.07, 6.45) is 0. The van der Waals surface area contributed by atoms with Gasteiger partial charge in [-0.2, -0.15) is 0 Å². The molecule has 0 bridgehead atoms. The first-order valence-electron chi connectivity index (χ1n) is 5.80. The molecule has 1 N–H and O–H groups in total. The topological polar surface area (TPSA) is 74.2 Å². The number of carbonyl (C=O) groups excluding carboxylic acids is 1. The lowest BCUT2D eigenvalue weighted by molar-refractivity contribution is 0.0211. The van der Waals surface area contributed by atoms with Gasteiger partial charge in [-0.25, -0.2) is 0 Å². The summed E-state index contributed by atoms with van der Waals surface area (Å²) in [4.78, 5) is 11.5. The highest BCUT2D eigenvalue weighted by Crippen LogP contribution is 2.33. The first-order valence-corrected chi connectivity index (χ1v) is 5.80. The second-order valence-electron chi connectivity index (χ2n) is 3.68. The molecule has 1 aromatic rings. The van der Waals surface area contributed by atoms with Crippen molar-refractivity contribution in [2.45, 2.75) is 13.8 Å². The van der Waals surface area contributed by atoms with Gasteiger partial charge in [0.25, 0.3) is 0 Å². The third-order valence-corrected chi connectivity index (χ3v) is 2.25. The van der Waals surface area contributed by atoms with Crippen LogP contribution in [-0.2, 0) is 9.47 Å². The van der Waals surface area contributed by atoms with Crippen molar-refractivity contribution < 1.29 is 28.8 Å². The van der Waals surface area contributed by atoms with Crippen molar-refractivity contribution in [2.24, 2.45) is 0 Å². The predicted molar refractivity (Wildman–Crippen MR) is 67.7 cm³/mol. The number of hydrogen-bond donors (Lipinski definition) is 1. The molecule has 19 heavy (non-hydrogen) atoms. The maximum Gasteiger partial charge on any atom is 0.189 e. The zero-order chi connectivity index (χ0) is 14.3. The summed E-state index contributed by atoms with van der Waals surface area (Å²) in [7, 11) is 1.48. The minimum Gasteiger partial charge on any atom is -0.507 e. The minimum atomic E-state index is -0.303. The molecule has 1 rings (SSSR count). The Morgan fingerprint density at radius 2 is 2.00 bits per heavy atom. The lowest BCUT2D eigenvalue weighted by Gasteiger charge is -2.13. The van der Waals surface area contributed by atoms with Crippen LogP contribution < -0.4 is 9.47 Å². The Balaban J connectivity index is 2.99. The SMILES string of the molecule is CCOCOc1cc(OCOC)cc(O)c1C(C)=O. The molecule has 0 saturated carbocycles. The van der Waals surface area contributed by atoms with Crippen LogP contribution in [0.1, 0.15) is 24.2 Å². The normalized spacial score (nSPS) is 10.3. The molecule has 0 aliphatic heterocycles. The van der Waals surface area contributed by atoms with Crippen LogP contribution >= 0.6 is 0 Å². The average molecular weight is 270 g/mol. The Hall–Kier alpha value is -1.79. The van der Waals surface area contributed by atoms with Crippen LogP contribution in [0.5, 0.6) is 17.2 Å². The van der Waals surface area contributed by atoms with Gasteiger partial charge >= 0.3 is 0 Å². The zero-order valence-corrected chi connectivity index (χ0v) is 11.3. The number of ketones is 1. The monoisotopic (exact) mass is 270 g/mol. The van der Waals surface area contributed by atoms with E-state index in [0.717, 1.165) is 0 Å². The molecule has 0 saturated heterocycles. The number of phenolic OH excluding ortho intramolecular Hbond substituents is 1. The van der Waals surface area contributed by atoms with Gasteiger partial charge in [0, 0.05) is 25.8 Å². The number of carbonyl (C=O) groups is 1. The fraction of sp³-hybridized carbons (Fsp3) is 0.462. The maximum atomic E-state index is 11.5. The van der Waals surface area contributed by atoms with Gasteiger partial charge in [-0.15, -0.1) is 0 Å². The molecule has 0 heterocycles. The van der Waals surface area contributed by atoms with Crippen molar-refractivity contribution in [2.75, 3.05) is 27.3 Å². The van der Waals surface area contributed by atoms with Gasteiger partial charge in [0.2, 0.25) is 0 Å². The van der Waals surface area contributed by atoms with Crippen molar-refractivity contribution in [1.29, 1.82) is 0 Å². The van der Waals surface area contributed by atoms with Crippen LogP contribution in [-0.4, -0.2) is 38.2 Å². The van der Waals surface area contributed by atoms with E-state index in [4.69, 9.17) is 18.9 Å². The van der Waals surface area contributed by atoms with Gasteiger partial charge in [0.1, 0.15) is 22.8 Å². The first-order chi connectivity index (χ1) is 9.10. The molecule has 0 unspecified atom stereocenters. The lowest BCUT2D eigenvalue weighted by Crippen LogP contribution is -2.07. The lowest BCUT2D eigenvalue weighted by atomic mass is 10.1. The smallest absolute Gasteiger partial charge is 0.189 e. The highest BCUT2D eigenvalue weighted by atomic mass is 16.7. The first kappa shape index (κ1) is 15.3. The Kier molecular flexibility index (Phi) is 6.11. The Morgan fingerprint density at radius 3 is 2.58 bits per heavy atom. The number of Topliss-reactive ketones (excluding diaryl/α,β-unsaturated/α-hetero) is 1. The van der Waals surface area contributed by atoms with E-state index >= 15 is 0 Å². The molecule has 0 aliphatic rings. The number of aromatic hydroxyl groups is 1. The van der Waals surface area contributed by atoms with Crippen molar-refractivity contribution >= 4 is 5.78 Å². The summed E-state index contributed by atoms with van der Waals surface area (Å²) in [6, 6.07) is 2.85. The molecule has 6 nitrogen and oxygen atoms in total. The molecule has 0 spiro atoms. The molecule has 0 aliphatic carbocycles. The van der Waals surface area contributed by atoms with Crippen molar-refractivity contribution in [3.05, 3.63) is 17.7 Å². The van der Waals surface area contributed by atoms with Gasteiger partial charge in [0.15, 0.2) is 19.4 Å². The van der Waals surface area contributed by atoms with Crippen LogP contribution in [0, 0.1) is 0 Å². The molecule has 106 valence electrons. The molecule has 0 aromatic heterocycles. The summed E-state index contributed by atoms with van der Waals surface area (Å²) < 4.78 is 20.3. The van der Waals surface area contributed by atoms with Gasteiger partial charge in [0.05, 0.1) is 0 Å². The Bertz CT molecular complexity index is 429. The van der Waals surface area contributed by atoms with Crippen molar-refractivity contribution in [3.63, 3.8) is 0 Å². The van der Waals surface area contributed by atoms with E-state index in [9.17, 15) is 9.90 Å². The summed E-state index contributed by atoms with van der Waals surface area (Å²) >= 11 is 0. The van der Waals surface area contributed by atoms with Gasteiger partial charge < -0.3 is 24.1 Å². The standard InChI is InChI=1S/C13H18O6/c1-4-17-8-19-12-6-10(18-7-16-3)5-11(15)13(12)9(2)14/h5-6,15H,4,7-8H2,1-3H3. The number of phenols is 1. The van der Waals surface area contributed by atoms with E-state index in [0.29, 0.717) is 12.4 Å². The van der Waals surface area contributed by atoms with E-state index in [1.54, 1.807) is 0 Å². The molecule has 6 heteroatoms. The second-order valence-corrected chi connectivity index (χ2v) is 3.68. The van der Waals surface area contributed by atoms with Crippen LogP contribution in [0.2, 0.25) is 0 Å². The fourth-order valence-corrected chi connectivity index (χ4v) is 1.44. The second kappa shape index (κ2) is 7.60.